The Hall–Kier alpha value is -1.98. The van der Waals surface area contributed by atoms with Crippen molar-refractivity contribution in [2.24, 2.45) is 0 Å². The second-order valence-corrected chi connectivity index (χ2v) is 12.7. The molecule has 0 spiro atoms. The summed E-state index contributed by atoms with van der Waals surface area (Å²) in [6.07, 6.45) is 7.12. The van der Waals surface area contributed by atoms with E-state index < -0.39 is 0 Å². The van der Waals surface area contributed by atoms with Crippen LogP contribution < -0.4 is 0 Å². The summed E-state index contributed by atoms with van der Waals surface area (Å²) >= 11 is 0. The van der Waals surface area contributed by atoms with Crippen molar-refractivity contribution in [3.63, 3.8) is 0 Å². The van der Waals surface area contributed by atoms with Crippen molar-refractivity contribution in [1.82, 2.24) is 19.6 Å². The van der Waals surface area contributed by atoms with Crippen LogP contribution in [-0.4, -0.2) is 79.7 Å². The van der Waals surface area contributed by atoms with E-state index in [0.717, 1.165) is 25.7 Å². The molecule has 2 rings (SSSR count). The van der Waals surface area contributed by atoms with Crippen LogP contribution in [-0.2, 0) is 9.59 Å². The third-order valence-electron chi connectivity index (χ3n) is 8.10. The van der Waals surface area contributed by atoms with Crippen molar-refractivity contribution >= 4 is 11.8 Å². The quantitative estimate of drug-likeness (QED) is 0.543. The highest BCUT2D eigenvalue weighted by atomic mass is 16.2. The Morgan fingerprint density at radius 3 is 1.15 bits per heavy atom. The van der Waals surface area contributed by atoms with Gasteiger partial charge in [-0.15, -0.1) is 0 Å². The minimum Gasteiger partial charge on any atom is -0.368 e. The van der Waals surface area contributed by atoms with Crippen LogP contribution in [0.15, 0.2) is 25.6 Å². The summed E-state index contributed by atoms with van der Waals surface area (Å²) in [7, 11) is 3.70. The molecule has 0 aliphatic carbocycles. The molecule has 2 amide bonds. The third-order valence-corrected chi connectivity index (χ3v) is 8.10. The zero-order valence-corrected chi connectivity index (χ0v) is 22.9. The molecule has 2 aliphatic heterocycles. The molecule has 0 aromatic heterocycles. The molecule has 33 heavy (non-hydrogen) atoms. The van der Waals surface area contributed by atoms with E-state index >= 15 is 0 Å². The van der Waals surface area contributed by atoms with Gasteiger partial charge in [0.2, 0.25) is 11.8 Å². The van der Waals surface area contributed by atoms with Crippen molar-refractivity contribution in [2.45, 2.75) is 122 Å². The van der Waals surface area contributed by atoms with Crippen molar-refractivity contribution < 1.29 is 9.59 Å². The summed E-state index contributed by atoms with van der Waals surface area (Å²) in [4.78, 5) is 34.6. The molecule has 188 valence electrons. The fourth-order valence-electron chi connectivity index (χ4n) is 6.81. The van der Waals surface area contributed by atoms with Gasteiger partial charge in [-0.25, -0.2) is 0 Å². The van der Waals surface area contributed by atoms with Crippen molar-refractivity contribution in [3.8, 4) is 0 Å². The number of hydrogen-bond donors (Lipinski definition) is 0. The summed E-state index contributed by atoms with van der Waals surface area (Å²) in [6, 6.07) is 0.177. The Morgan fingerprint density at radius 1 is 0.697 bits per heavy atom. The third kappa shape index (κ3) is 5.41. The second kappa shape index (κ2) is 8.99. The van der Waals surface area contributed by atoms with Crippen molar-refractivity contribution in [2.75, 3.05) is 14.1 Å². The Kier molecular flexibility index (Phi) is 7.43. The van der Waals surface area contributed by atoms with Gasteiger partial charge in [0, 0.05) is 48.3 Å². The molecule has 0 aromatic rings. The lowest BCUT2D eigenvalue weighted by atomic mass is 9.76. The fourth-order valence-corrected chi connectivity index (χ4v) is 6.81. The Bertz CT molecular complexity index is 683. The van der Waals surface area contributed by atoms with Gasteiger partial charge in [-0.1, -0.05) is 13.2 Å². The van der Waals surface area contributed by atoms with Crippen LogP contribution in [0, 0.1) is 0 Å². The summed E-state index contributed by atoms with van der Waals surface area (Å²) in [6.45, 7) is 25.5. The fraction of sp³-hybridized carbons (Fsp3) is 0.778. The molecule has 0 atom stereocenters. The van der Waals surface area contributed by atoms with E-state index in [1.165, 1.54) is 0 Å². The first kappa shape index (κ1) is 27.3. The first-order chi connectivity index (χ1) is 14.9. The number of rotatable bonds is 6. The van der Waals surface area contributed by atoms with E-state index in [0.29, 0.717) is 0 Å². The highest BCUT2D eigenvalue weighted by molar-refractivity contribution is 5.97. The SMILES string of the molecule is C=CN1C(C)(C)CC(N(C)C(=O)CC(=O)N(C)C2CC(C)(C)N(C=C)C(C)(C)C2)CC1(C)C. The maximum absolute atomic E-state index is 13.2. The minimum atomic E-state index is -0.111. The van der Waals surface area contributed by atoms with Gasteiger partial charge in [0.25, 0.3) is 0 Å². The van der Waals surface area contributed by atoms with Gasteiger partial charge >= 0.3 is 0 Å². The molecular formula is C27H48N4O2. The average Bonchev–Trinajstić information content (AvgIpc) is 2.63. The van der Waals surface area contributed by atoms with Crippen LogP contribution in [0.4, 0.5) is 0 Å². The molecule has 6 nitrogen and oxygen atoms in total. The maximum Gasteiger partial charge on any atom is 0.232 e. The van der Waals surface area contributed by atoms with Gasteiger partial charge in [-0.3, -0.25) is 9.59 Å². The molecule has 2 aliphatic rings. The molecule has 0 aromatic carbocycles. The minimum absolute atomic E-state index is 0.0853. The summed E-state index contributed by atoms with van der Waals surface area (Å²) < 4.78 is 0. The molecule has 2 heterocycles. The molecule has 0 N–H and O–H groups in total. The van der Waals surface area contributed by atoms with Gasteiger partial charge < -0.3 is 19.6 Å². The van der Waals surface area contributed by atoms with Crippen LogP contribution in [0.25, 0.3) is 0 Å². The van der Waals surface area contributed by atoms with Crippen LogP contribution >= 0.6 is 0 Å². The summed E-state index contributed by atoms with van der Waals surface area (Å²) in [5.41, 5.74) is -0.445. The van der Waals surface area contributed by atoms with E-state index in [1.807, 2.05) is 36.3 Å². The lowest BCUT2D eigenvalue weighted by Gasteiger charge is -2.56. The van der Waals surface area contributed by atoms with E-state index in [-0.39, 0.29) is 52.5 Å². The Labute approximate surface area is 202 Å². The molecule has 2 fully saturated rings. The largest absolute Gasteiger partial charge is 0.368 e. The zero-order chi connectivity index (χ0) is 25.6. The number of carbonyl (C=O) groups excluding carboxylic acids is 2. The van der Waals surface area contributed by atoms with Gasteiger partial charge in [0.05, 0.1) is 0 Å². The molecule has 0 bridgehead atoms. The van der Waals surface area contributed by atoms with Crippen molar-refractivity contribution in [3.05, 3.63) is 25.6 Å². The molecule has 0 unspecified atom stereocenters. The van der Waals surface area contributed by atoms with Crippen LogP contribution in [0.3, 0.4) is 0 Å². The topological polar surface area (TPSA) is 47.1 Å². The van der Waals surface area contributed by atoms with Crippen LogP contribution in [0.2, 0.25) is 0 Å². The average molecular weight is 461 g/mol. The van der Waals surface area contributed by atoms with E-state index in [4.69, 9.17) is 0 Å². The highest BCUT2D eigenvalue weighted by Crippen LogP contribution is 2.41. The van der Waals surface area contributed by atoms with Crippen molar-refractivity contribution in [1.29, 1.82) is 0 Å². The molecule has 0 saturated carbocycles. The number of nitrogens with zero attached hydrogens (tertiary/aromatic N) is 4. The van der Waals surface area contributed by atoms with E-state index in [2.05, 4.69) is 78.3 Å². The van der Waals surface area contributed by atoms with Gasteiger partial charge in [0.1, 0.15) is 6.42 Å². The predicted molar refractivity (Wildman–Crippen MR) is 137 cm³/mol. The monoisotopic (exact) mass is 460 g/mol. The Balaban J connectivity index is 2.09. The van der Waals surface area contributed by atoms with Gasteiger partial charge in [-0.2, -0.15) is 0 Å². The standard InChI is InChI=1S/C27H48N4O2/c1-13-30-24(3,4)16-20(17-25(30,5)6)28(11)22(32)15-23(33)29(12)21-18-26(7,8)31(14-2)27(9,10)19-21/h13-14,20-21H,1-2,15-19H2,3-12H3. The number of amides is 2. The lowest BCUT2D eigenvalue weighted by molar-refractivity contribution is -0.145. The van der Waals surface area contributed by atoms with Gasteiger partial charge in [0.15, 0.2) is 0 Å². The van der Waals surface area contributed by atoms with E-state index in [9.17, 15) is 9.59 Å². The van der Waals surface area contributed by atoms with Crippen LogP contribution in [0.5, 0.6) is 0 Å². The van der Waals surface area contributed by atoms with E-state index in [1.54, 1.807) is 0 Å². The number of likely N-dealkylation sites (tertiary alicyclic amines) is 2. The van der Waals surface area contributed by atoms with Gasteiger partial charge in [-0.05, 0) is 93.5 Å². The highest BCUT2D eigenvalue weighted by Gasteiger charge is 2.47. The number of piperidine rings is 2. The zero-order valence-electron chi connectivity index (χ0n) is 22.9. The number of hydrogen-bond acceptors (Lipinski definition) is 4. The normalized spacial score (nSPS) is 24.2. The van der Waals surface area contributed by atoms with Crippen LogP contribution in [0.1, 0.15) is 87.5 Å². The molecule has 6 heteroatoms. The molecule has 0 radical (unpaired) electrons. The maximum atomic E-state index is 13.2. The molecular weight excluding hydrogens is 412 g/mol. The first-order valence-corrected chi connectivity index (χ1v) is 12.2. The first-order valence-electron chi connectivity index (χ1n) is 12.2. The number of carbonyl (C=O) groups is 2. The Morgan fingerprint density at radius 2 is 0.939 bits per heavy atom. The predicted octanol–water partition coefficient (Wildman–Crippen LogP) is 4.62. The smallest absolute Gasteiger partial charge is 0.232 e. The molecule has 2 saturated heterocycles. The summed E-state index contributed by atoms with van der Waals surface area (Å²) in [5, 5.41) is 0. The lowest BCUT2D eigenvalue weighted by Crippen LogP contribution is -2.63. The summed E-state index contributed by atoms with van der Waals surface area (Å²) in [5.74, 6) is -0.199. The second-order valence-electron chi connectivity index (χ2n) is 12.7.